The molecule has 1 amide bonds. The van der Waals surface area contributed by atoms with Gasteiger partial charge in [0.1, 0.15) is 5.76 Å². The average Bonchev–Trinajstić information content (AvgIpc) is 3.41. The minimum atomic E-state index is -3.76. The summed E-state index contributed by atoms with van der Waals surface area (Å²) in [4.78, 5) is 16.3. The van der Waals surface area contributed by atoms with Crippen molar-refractivity contribution >= 4 is 33.0 Å². The van der Waals surface area contributed by atoms with E-state index in [-0.39, 0.29) is 16.6 Å². The number of furan rings is 1. The van der Waals surface area contributed by atoms with Gasteiger partial charge in [-0.1, -0.05) is 24.3 Å². The van der Waals surface area contributed by atoms with Crippen molar-refractivity contribution in [2.24, 2.45) is 5.10 Å². The predicted molar refractivity (Wildman–Crippen MR) is 120 cm³/mol. The Morgan fingerprint density at radius 2 is 1.97 bits per heavy atom. The van der Waals surface area contributed by atoms with Crippen LogP contribution in [0.2, 0.25) is 0 Å². The van der Waals surface area contributed by atoms with E-state index in [9.17, 15) is 13.2 Å². The highest BCUT2D eigenvalue weighted by Crippen LogP contribution is 2.30. The zero-order chi connectivity index (χ0) is 21.8. The van der Waals surface area contributed by atoms with Crippen LogP contribution in [0.3, 0.4) is 0 Å². The molecule has 4 rings (SSSR count). The molecule has 2 N–H and O–H groups in total. The van der Waals surface area contributed by atoms with Crippen LogP contribution in [0.15, 0.2) is 62.3 Å². The third kappa shape index (κ3) is 4.72. The normalized spacial score (nSPS) is 14.9. The Balaban J connectivity index is 1.51. The van der Waals surface area contributed by atoms with Gasteiger partial charge in [-0.2, -0.15) is 18.4 Å². The van der Waals surface area contributed by atoms with Crippen LogP contribution in [0.4, 0.5) is 0 Å². The molecule has 0 saturated heterocycles. The number of carbonyl (C=O) groups is 1. The molecule has 3 aromatic rings. The van der Waals surface area contributed by atoms with E-state index in [1.54, 1.807) is 29.5 Å². The summed E-state index contributed by atoms with van der Waals surface area (Å²) in [6.45, 7) is 2.32. The van der Waals surface area contributed by atoms with E-state index in [1.165, 1.54) is 17.0 Å². The molecule has 162 valence electrons. The molecular weight excluding hydrogens is 434 g/mol. The maximum absolute atomic E-state index is 12.7. The van der Waals surface area contributed by atoms with Crippen LogP contribution in [-0.4, -0.2) is 26.6 Å². The molecule has 2 aromatic heterocycles. The molecule has 0 fully saturated rings. The molecule has 0 atom stereocenters. The zero-order valence-electron chi connectivity index (χ0n) is 17.1. The molecule has 2 heterocycles. The monoisotopic (exact) mass is 457 g/mol. The Bertz CT molecular complexity index is 1200. The lowest BCUT2D eigenvalue weighted by atomic mass is 9.93. The maximum Gasteiger partial charge on any atom is 0.287 e. The van der Waals surface area contributed by atoms with Crippen molar-refractivity contribution in [3.63, 3.8) is 0 Å². The van der Waals surface area contributed by atoms with Crippen molar-refractivity contribution in [2.75, 3.05) is 6.54 Å². The molecule has 0 spiro atoms. The first-order chi connectivity index (χ1) is 15.0. The van der Waals surface area contributed by atoms with Crippen molar-refractivity contribution in [3.05, 3.63) is 75.4 Å². The number of amides is 1. The summed E-state index contributed by atoms with van der Waals surface area (Å²) < 4.78 is 30.9. The number of hydrogen-bond donors (Lipinski definition) is 2. The average molecular weight is 458 g/mol. The fourth-order valence-corrected chi connectivity index (χ4v) is 5.16. The van der Waals surface area contributed by atoms with E-state index in [2.05, 4.69) is 15.2 Å². The largest absolute Gasteiger partial charge is 0.455 e. The Kier molecular flexibility index (Phi) is 6.24. The van der Waals surface area contributed by atoms with Crippen LogP contribution in [-0.2, 0) is 22.9 Å². The van der Waals surface area contributed by atoms with Gasteiger partial charge in [-0.15, -0.1) is 11.3 Å². The lowest BCUT2D eigenvalue weighted by Crippen LogP contribution is -2.26. The number of nitrogens with zero attached hydrogens (tertiary/aromatic N) is 1. The fourth-order valence-electron chi connectivity index (χ4n) is 3.60. The van der Waals surface area contributed by atoms with E-state index < -0.39 is 10.0 Å². The molecule has 1 aromatic carbocycles. The molecule has 0 unspecified atom stereocenters. The van der Waals surface area contributed by atoms with Crippen molar-refractivity contribution in [2.45, 2.75) is 37.5 Å². The number of hydrazone groups is 1. The highest BCUT2D eigenvalue weighted by Gasteiger charge is 2.28. The molecule has 0 saturated carbocycles. The summed E-state index contributed by atoms with van der Waals surface area (Å²) in [7, 11) is -3.76. The summed E-state index contributed by atoms with van der Waals surface area (Å²) in [5.74, 6) is 0.661. The first-order valence-electron chi connectivity index (χ1n) is 10.0. The highest BCUT2D eigenvalue weighted by atomic mass is 32.2. The van der Waals surface area contributed by atoms with Gasteiger partial charge < -0.3 is 9.73 Å². The van der Waals surface area contributed by atoms with Gasteiger partial charge in [-0.25, -0.2) is 0 Å². The molecule has 0 aliphatic heterocycles. The van der Waals surface area contributed by atoms with Gasteiger partial charge >= 0.3 is 0 Å². The molecule has 31 heavy (non-hydrogen) atoms. The van der Waals surface area contributed by atoms with Crippen molar-refractivity contribution < 1.29 is 17.6 Å². The topological polar surface area (TPSA) is 101 Å². The Morgan fingerprint density at radius 1 is 1.16 bits per heavy atom. The summed E-state index contributed by atoms with van der Waals surface area (Å²) in [6.07, 6.45) is 2.81. The van der Waals surface area contributed by atoms with Crippen LogP contribution in [0, 0.1) is 6.92 Å². The van der Waals surface area contributed by atoms with Crippen LogP contribution < -0.4 is 10.1 Å². The summed E-state index contributed by atoms with van der Waals surface area (Å²) >= 11 is 1.66. The first kappa shape index (κ1) is 21.3. The number of nitrogens with one attached hydrogen (secondary N) is 2. The second-order valence-corrected chi connectivity index (χ2v) is 9.95. The molecule has 1 aliphatic carbocycles. The van der Waals surface area contributed by atoms with E-state index in [1.807, 2.05) is 24.4 Å². The molecule has 1 aliphatic rings. The Hall–Kier alpha value is -2.91. The first-order valence-corrected chi connectivity index (χ1v) is 12.4. The van der Waals surface area contributed by atoms with E-state index in [0.717, 1.165) is 18.4 Å². The lowest BCUT2D eigenvalue weighted by molar-refractivity contribution is 0.0924. The molecule has 7 nitrogen and oxygen atoms in total. The number of sulfonamides is 1. The van der Waals surface area contributed by atoms with Crippen LogP contribution in [0.25, 0.3) is 0 Å². The van der Waals surface area contributed by atoms with E-state index >= 15 is 0 Å². The van der Waals surface area contributed by atoms with E-state index in [4.69, 9.17) is 4.42 Å². The smallest absolute Gasteiger partial charge is 0.287 e. The Morgan fingerprint density at radius 3 is 2.71 bits per heavy atom. The van der Waals surface area contributed by atoms with Gasteiger partial charge in [0.05, 0.1) is 10.6 Å². The minimum absolute atomic E-state index is 0.144. The standard InChI is InChI=1S/C22H23N3O4S2/c1-15-20-18(24-25-31(27,28)17-8-3-2-4-9-17)10-5-11-19(20)29-21(15)22(26)23-13-12-16-7-6-14-30-16/h2-4,6-9,14,25H,5,10-13H2,1H3,(H,23,26)/b24-18+. The van der Waals surface area contributed by atoms with Gasteiger partial charge in [0.15, 0.2) is 5.76 Å². The highest BCUT2D eigenvalue weighted by molar-refractivity contribution is 7.89. The maximum atomic E-state index is 12.7. The molecular formula is C22H23N3O4S2. The molecule has 9 heteroatoms. The number of hydrogen-bond acceptors (Lipinski definition) is 6. The third-order valence-corrected chi connectivity index (χ3v) is 7.28. The van der Waals surface area contributed by atoms with Gasteiger partial charge in [-0.3, -0.25) is 4.79 Å². The minimum Gasteiger partial charge on any atom is -0.455 e. The molecule has 0 bridgehead atoms. The number of aryl methyl sites for hydroxylation is 1. The van der Waals surface area contributed by atoms with Crippen LogP contribution in [0.5, 0.6) is 0 Å². The van der Waals surface area contributed by atoms with Crippen molar-refractivity contribution in [1.29, 1.82) is 0 Å². The van der Waals surface area contributed by atoms with Crippen LogP contribution >= 0.6 is 11.3 Å². The number of carbonyl (C=O) groups excluding carboxylic acids is 1. The van der Waals surface area contributed by atoms with Crippen molar-refractivity contribution in [1.82, 2.24) is 10.1 Å². The summed E-state index contributed by atoms with van der Waals surface area (Å²) in [5.41, 5.74) is 1.99. The number of thiophene rings is 1. The summed E-state index contributed by atoms with van der Waals surface area (Å²) in [5, 5.41) is 9.10. The summed E-state index contributed by atoms with van der Waals surface area (Å²) in [6, 6.07) is 12.1. The zero-order valence-corrected chi connectivity index (χ0v) is 18.7. The quantitative estimate of drug-likeness (QED) is 0.529. The molecule has 0 radical (unpaired) electrons. The number of fused-ring (bicyclic) bond motifs is 1. The SMILES string of the molecule is Cc1c(C(=O)NCCc2cccs2)oc2c1/C(=N/NS(=O)(=O)c1ccccc1)CCC2. The van der Waals surface area contributed by atoms with Gasteiger partial charge in [0.2, 0.25) is 0 Å². The van der Waals surface area contributed by atoms with E-state index in [0.29, 0.717) is 36.4 Å². The predicted octanol–water partition coefficient (Wildman–Crippen LogP) is 3.64. The Labute approximate surface area is 185 Å². The lowest BCUT2D eigenvalue weighted by Gasteiger charge is -2.14. The van der Waals surface area contributed by atoms with Gasteiger partial charge in [0, 0.05) is 29.0 Å². The second kappa shape index (κ2) is 9.07. The second-order valence-electron chi connectivity index (χ2n) is 7.26. The number of rotatable bonds is 7. The van der Waals surface area contributed by atoms with Gasteiger partial charge in [0.25, 0.3) is 15.9 Å². The fraction of sp³-hybridized carbons (Fsp3) is 0.273. The van der Waals surface area contributed by atoms with Crippen molar-refractivity contribution in [3.8, 4) is 0 Å². The third-order valence-electron chi connectivity index (χ3n) is 5.12. The number of benzene rings is 1. The van der Waals surface area contributed by atoms with Gasteiger partial charge in [-0.05, 0) is 49.8 Å². The van der Waals surface area contributed by atoms with Crippen LogP contribution in [0.1, 0.15) is 45.2 Å².